The minimum absolute atomic E-state index is 0. The third-order valence-electron chi connectivity index (χ3n) is 0.129. The van der Waals surface area contributed by atoms with Crippen molar-refractivity contribution >= 4 is 5.97 Å². The Balaban J connectivity index is -0.0000000720. The molecule has 0 spiro atoms. The molecule has 0 rings (SSSR count). The molecule has 0 saturated heterocycles. The Morgan fingerprint density at radius 2 is 1.89 bits per heavy atom. The monoisotopic (exact) mass is 183 g/mol. The van der Waals surface area contributed by atoms with Crippen molar-refractivity contribution in [3.63, 3.8) is 0 Å². The number of nitrogens with two attached hydrogens (primary N) is 1. The molecule has 0 radical (unpaired) electrons. The molecule has 0 aromatic rings. The predicted octanol–water partition coefficient (Wildman–Crippen LogP) is -2.31. The summed E-state index contributed by atoms with van der Waals surface area (Å²) in [5, 5.41) is 16.6. The number of carboxylic acids is 1. The molecule has 0 bridgehead atoms. The summed E-state index contributed by atoms with van der Waals surface area (Å²) in [6, 6.07) is 0. The van der Waals surface area contributed by atoms with Crippen molar-refractivity contribution in [1.29, 1.82) is 0 Å². The van der Waals surface area contributed by atoms with Crippen LogP contribution in [0, 0.1) is 0 Å². The van der Waals surface area contributed by atoms with E-state index in [1.165, 1.54) is 0 Å². The van der Waals surface area contributed by atoms with Gasteiger partial charge in [-0.3, -0.25) is 0 Å². The van der Waals surface area contributed by atoms with Crippen LogP contribution in [0.4, 0.5) is 0 Å². The van der Waals surface area contributed by atoms with E-state index in [1.54, 1.807) is 0 Å². The van der Waals surface area contributed by atoms with Crippen molar-refractivity contribution < 1.29 is 32.1 Å². The fraction of sp³-hybridized carbons (Fsp3) is 0.750. The molecule has 0 aromatic carbocycles. The number of carbonyl (C=O) groups is 1. The molecule has 0 amide bonds. The Bertz CT molecular complexity index is 53.8. The second kappa shape index (κ2) is 15.7. The smallest absolute Gasteiger partial charge is 0.550 e. The van der Waals surface area contributed by atoms with Crippen LogP contribution in [0.3, 0.4) is 0 Å². The van der Waals surface area contributed by atoms with E-state index >= 15 is 0 Å². The van der Waals surface area contributed by atoms with Gasteiger partial charge in [0.15, 0.2) is 0 Å². The van der Waals surface area contributed by atoms with Crippen molar-refractivity contribution in [3.8, 4) is 0 Å². The molecule has 60 valence electrons. The molecule has 0 aliphatic carbocycles. The second-order valence-electron chi connectivity index (χ2n) is 1.00. The molecule has 3 N–H and O–H groups in total. The van der Waals surface area contributed by atoms with Gasteiger partial charge < -0.3 is 20.7 Å². The van der Waals surface area contributed by atoms with E-state index in [1.807, 2.05) is 0 Å². The zero-order chi connectivity index (χ0) is 6.99. The first-order chi connectivity index (χ1) is 3.65. The average Bonchev–Trinajstić information content (AvgIpc) is 1.65. The van der Waals surface area contributed by atoms with E-state index in [-0.39, 0.29) is 23.7 Å². The number of carboxylic acid groups (broad SMARTS) is 1. The zero-order valence-electron chi connectivity index (χ0n) is 5.06. The van der Waals surface area contributed by atoms with Crippen molar-refractivity contribution in [2.24, 2.45) is 5.73 Å². The Morgan fingerprint density at radius 3 is 1.89 bits per heavy atom. The number of hydrogen-bond acceptors (Lipinski definition) is 4. The Hall–Kier alpha value is -0.0905. The maximum atomic E-state index is 8.89. The third-order valence-corrected chi connectivity index (χ3v) is 0.129. The maximum Gasteiger partial charge on any atom is 1.00 e. The van der Waals surface area contributed by atoms with E-state index in [0.717, 1.165) is 6.92 Å². The molecule has 0 unspecified atom stereocenters. The molecule has 9 heavy (non-hydrogen) atoms. The van der Waals surface area contributed by atoms with Gasteiger partial charge in [0.25, 0.3) is 0 Å². The van der Waals surface area contributed by atoms with E-state index in [0.29, 0.717) is 6.54 Å². The van der Waals surface area contributed by atoms with E-state index in [9.17, 15) is 0 Å². The molecule has 0 aromatic heterocycles. The van der Waals surface area contributed by atoms with Gasteiger partial charge in [0.05, 0.1) is 6.61 Å². The van der Waals surface area contributed by atoms with Gasteiger partial charge in [0.1, 0.15) is 0 Å². The van der Waals surface area contributed by atoms with E-state index < -0.39 is 5.97 Å². The third kappa shape index (κ3) is 334. The van der Waals surface area contributed by atoms with Crippen LogP contribution in [0.5, 0.6) is 0 Å². The van der Waals surface area contributed by atoms with E-state index in [2.05, 4.69) is 0 Å². The quantitative estimate of drug-likeness (QED) is 0.448. The van der Waals surface area contributed by atoms with Crippen molar-refractivity contribution in [2.75, 3.05) is 13.2 Å². The van der Waals surface area contributed by atoms with Crippen LogP contribution in [-0.2, 0) is 21.9 Å². The fourth-order valence-electron chi connectivity index (χ4n) is 0. The largest absolute Gasteiger partial charge is 1.00 e. The molecular weight excluding hydrogens is 174 g/mol. The van der Waals surface area contributed by atoms with Crippen LogP contribution in [0.2, 0.25) is 0 Å². The second-order valence-corrected chi connectivity index (χ2v) is 1.00. The molecule has 0 fully saturated rings. The van der Waals surface area contributed by atoms with Crippen LogP contribution in [0.25, 0.3) is 0 Å². The first-order valence-electron chi connectivity index (χ1n) is 2.13. The number of aliphatic hydroxyl groups is 1. The zero-order valence-corrected chi connectivity index (χ0v) is 6.00. The van der Waals surface area contributed by atoms with Crippen LogP contribution >= 0.6 is 0 Å². The average molecular weight is 184 g/mol. The fourth-order valence-corrected chi connectivity index (χ4v) is 0. The van der Waals surface area contributed by atoms with Gasteiger partial charge in [-0.2, -0.15) is 0 Å². The summed E-state index contributed by atoms with van der Waals surface area (Å²) >= 11 is 0. The van der Waals surface area contributed by atoms with Gasteiger partial charge >= 0.3 is 17.1 Å². The van der Waals surface area contributed by atoms with Gasteiger partial charge in [-0.1, -0.05) is 0 Å². The molecule has 4 nitrogen and oxygen atoms in total. The van der Waals surface area contributed by atoms with Gasteiger partial charge in [-0.25, -0.2) is 0 Å². The van der Waals surface area contributed by atoms with Crippen LogP contribution in [0.15, 0.2) is 0 Å². The van der Waals surface area contributed by atoms with Crippen LogP contribution < -0.4 is 10.8 Å². The molecular formula is C4H10CuNO3. The predicted molar refractivity (Wildman–Crippen MR) is 26.8 cm³/mol. The Kier molecular flexibility index (Phi) is 27.8. The number of carbonyl (C=O) groups excluding carboxylic acids is 1. The number of aliphatic hydroxyl groups excluding tert-OH is 1. The summed E-state index contributed by atoms with van der Waals surface area (Å²) in [6.45, 7) is 1.44. The SMILES string of the molecule is CC(=O)[O-].NCCO.[Cu+]. The van der Waals surface area contributed by atoms with Gasteiger partial charge in [0, 0.05) is 12.5 Å². The summed E-state index contributed by atoms with van der Waals surface area (Å²) < 4.78 is 0. The van der Waals surface area contributed by atoms with Gasteiger partial charge in [0.2, 0.25) is 0 Å². The number of aliphatic carboxylic acids is 1. The summed E-state index contributed by atoms with van der Waals surface area (Å²) in [4.78, 5) is 8.89. The topological polar surface area (TPSA) is 86.4 Å². The molecule has 0 saturated carbocycles. The van der Waals surface area contributed by atoms with Gasteiger partial charge in [-0.15, -0.1) is 0 Å². The summed E-state index contributed by atoms with van der Waals surface area (Å²) in [6.07, 6.45) is 0. The first-order valence-corrected chi connectivity index (χ1v) is 2.13. The van der Waals surface area contributed by atoms with Crippen molar-refractivity contribution in [3.05, 3.63) is 0 Å². The standard InChI is InChI=1S/C2H7NO.C2H4O2.Cu/c3-1-2-4;1-2(3)4;/h4H,1-3H2;1H3,(H,3,4);/q;;+1/p-1. The summed E-state index contributed by atoms with van der Waals surface area (Å²) in [5.41, 5.74) is 4.78. The molecule has 5 heteroatoms. The van der Waals surface area contributed by atoms with Crippen LogP contribution in [-0.4, -0.2) is 24.2 Å². The van der Waals surface area contributed by atoms with Crippen LogP contribution in [0.1, 0.15) is 6.92 Å². The normalized spacial score (nSPS) is 6.11. The molecule has 0 aliphatic rings. The minimum atomic E-state index is -1.08. The molecule has 0 heterocycles. The summed E-state index contributed by atoms with van der Waals surface area (Å²) in [7, 11) is 0. The number of rotatable bonds is 1. The molecule has 0 atom stereocenters. The maximum absolute atomic E-state index is 8.89. The Morgan fingerprint density at radius 1 is 1.78 bits per heavy atom. The minimum Gasteiger partial charge on any atom is -0.550 e. The van der Waals surface area contributed by atoms with Gasteiger partial charge in [-0.05, 0) is 6.92 Å². The summed E-state index contributed by atoms with van der Waals surface area (Å²) in [5.74, 6) is -1.08. The van der Waals surface area contributed by atoms with Crippen molar-refractivity contribution in [2.45, 2.75) is 6.92 Å². The molecule has 0 aliphatic heterocycles. The Labute approximate surface area is 64.5 Å². The van der Waals surface area contributed by atoms with E-state index in [4.69, 9.17) is 20.7 Å². The van der Waals surface area contributed by atoms with Crippen molar-refractivity contribution in [1.82, 2.24) is 0 Å². The number of hydrogen-bond donors (Lipinski definition) is 2. The first kappa shape index (κ1) is 16.0.